The fraction of sp³-hybridized carbons (Fsp3) is 0.611. The van der Waals surface area contributed by atoms with Crippen LogP contribution in [0.4, 0.5) is 10.5 Å². The van der Waals surface area contributed by atoms with Gasteiger partial charge < -0.3 is 15.0 Å². The van der Waals surface area contributed by atoms with Crippen LogP contribution in [0, 0.1) is 5.92 Å². The first-order valence-corrected chi connectivity index (χ1v) is 8.52. The zero-order chi connectivity index (χ0) is 15.4. The molecular formula is C18H26N2O2. The van der Waals surface area contributed by atoms with Crippen molar-refractivity contribution >= 4 is 11.7 Å². The van der Waals surface area contributed by atoms with Crippen LogP contribution in [0.15, 0.2) is 30.3 Å². The van der Waals surface area contributed by atoms with Crippen molar-refractivity contribution in [3.05, 3.63) is 30.3 Å². The molecule has 0 aromatic heterocycles. The zero-order valence-corrected chi connectivity index (χ0v) is 13.3. The van der Waals surface area contributed by atoms with E-state index >= 15 is 0 Å². The number of carbonyl (C=O) groups excluding carboxylic acids is 1. The summed E-state index contributed by atoms with van der Waals surface area (Å²) in [6, 6.07) is 9.67. The minimum absolute atomic E-state index is 0.00153. The lowest BCUT2D eigenvalue weighted by molar-refractivity contribution is -0.0836. The van der Waals surface area contributed by atoms with Crippen LogP contribution in [0.3, 0.4) is 0 Å². The maximum absolute atomic E-state index is 12.5. The van der Waals surface area contributed by atoms with Crippen molar-refractivity contribution < 1.29 is 9.53 Å². The Labute approximate surface area is 132 Å². The average Bonchev–Trinajstić information content (AvgIpc) is 3.38. The van der Waals surface area contributed by atoms with E-state index in [2.05, 4.69) is 12.2 Å². The maximum Gasteiger partial charge on any atom is 0.322 e. The highest BCUT2D eigenvalue weighted by Crippen LogP contribution is 2.37. The zero-order valence-electron chi connectivity index (χ0n) is 13.3. The van der Waals surface area contributed by atoms with Gasteiger partial charge in [0.15, 0.2) is 0 Å². The normalized spacial score (nSPS) is 25.0. The molecule has 1 N–H and O–H groups in total. The third kappa shape index (κ3) is 4.01. The second kappa shape index (κ2) is 7.14. The molecule has 1 aromatic carbocycles. The number of para-hydroxylation sites is 1. The second-order valence-electron chi connectivity index (χ2n) is 6.48. The van der Waals surface area contributed by atoms with E-state index in [0.29, 0.717) is 12.5 Å². The highest BCUT2D eigenvalue weighted by molar-refractivity contribution is 5.89. The molecule has 0 radical (unpaired) electrons. The number of hydrogen-bond acceptors (Lipinski definition) is 2. The minimum Gasteiger partial charge on any atom is -0.371 e. The lowest BCUT2D eigenvalue weighted by Crippen LogP contribution is -2.52. The summed E-state index contributed by atoms with van der Waals surface area (Å²) in [4.78, 5) is 14.5. The van der Waals surface area contributed by atoms with Crippen molar-refractivity contribution in [2.45, 2.75) is 51.2 Å². The topological polar surface area (TPSA) is 41.6 Å². The molecule has 2 fully saturated rings. The van der Waals surface area contributed by atoms with Crippen molar-refractivity contribution in [3.8, 4) is 0 Å². The summed E-state index contributed by atoms with van der Waals surface area (Å²) in [5, 5.41) is 3.00. The third-order valence-electron chi connectivity index (χ3n) is 4.53. The molecule has 1 aromatic rings. The van der Waals surface area contributed by atoms with Gasteiger partial charge in [0.2, 0.25) is 0 Å². The van der Waals surface area contributed by atoms with Gasteiger partial charge in [-0.25, -0.2) is 4.79 Å². The van der Waals surface area contributed by atoms with Crippen molar-refractivity contribution in [1.29, 1.82) is 0 Å². The van der Waals surface area contributed by atoms with Crippen molar-refractivity contribution in [3.63, 3.8) is 0 Å². The van der Waals surface area contributed by atoms with Gasteiger partial charge in [0.05, 0.1) is 12.2 Å². The summed E-state index contributed by atoms with van der Waals surface area (Å²) in [7, 11) is 0. The molecule has 22 heavy (non-hydrogen) atoms. The number of nitrogens with zero attached hydrogens (tertiary/aromatic N) is 1. The van der Waals surface area contributed by atoms with Crippen LogP contribution in [0.2, 0.25) is 0 Å². The van der Waals surface area contributed by atoms with Gasteiger partial charge in [-0.05, 0) is 37.3 Å². The van der Waals surface area contributed by atoms with Crippen molar-refractivity contribution in [1.82, 2.24) is 4.90 Å². The van der Waals surface area contributed by atoms with Gasteiger partial charge >= 0.3 is 6.03 Å². The fourth-order valence-corrected chi connectivity index (χ4v) is 3.08. The molecule has 0 spiro atoms. The summed E-state index contributed by atoms with van der Waals surface area (Å²) >= 11 is 0. The molecule has 4 nitrogen and oxygen atoms in total. The van der Waals surface area contributed by atoms with Gasteiger partial charge in [-0.2, -0.15) is 0 Å². The number of nitrogens with one attached hydrogen (secondary N) is 1. The van der Waals surface area contributed by atoms with Crippen LogP contribution in [0.5, 0.6) is 0 Å². The Balaban J connectivity index is 1.61. The predicted molar refractivity (Wildman–Crippen MR) is 87.9 cm³/mol. The van der Waals surface area contributed by atoms with Crippen molar-refractivity contribution in [2.75, 3.05) is 18.4 Å². The number of ether oxygens (including phenoxy) is 1. The molecular weight excluding hydrogens is 276 g/mol. The van der Waals surface area contributed by atoms with Gasteiger partial charge in [-0.15, -0.1) is 0 Å². The van der Waals surface area contributed by atoms with E-state index in [0.717, 1.165) is 25.1 Å². The minimum atomic E-state index is 0.00153. The van der Waals surface area contributed by atoms with Gasteiger partial charge in [0.25, 0.3) is 0 Å². The first-order chi connectivity index (χ1) is 10.8. The Kier molecular flexibility index (Phi) is 4.98. The van der Waals surface area contributed by atoms with Gasteiger partial charge in [0.1, 0.15) is 0 Å². The molecule has 3 rings (SSSR count). The Morgan fingerprint density at radius 1 is 1.27 bits per heavy atom. The predicted octanol–water partition coefficient (Wildman–Crippen LogP) is 3.89. The van der Waals surface area contributed by atoms with Crippen LogP contribution in [0.25, 0.3) is 0 Å². The Morgan fingerprint density at radius 3 is 2.73 bits per heavy atom. The highest BCUT2D eigenvalue weighted by atomic mass is 16.5. The number of hydrogen-bond donors (Lipinski definition) is 1. The van der Waals surface area contributed by atoms with Crippen molar-refractivity contribution in [2.24, 2.45) is 5.92 Å². The van der Waals surface area contributed by atoms with Gasteiger partial charge in [-0.3, -0.25) is 0 Å². The molecule has 0 unspecified atom stereocenters. The van der Waals surface area contributed by atoms with E-state index in [1.54, 1.807) is 0 Å². The molecule has 1 saturated heterocycles. The molecule has 0 bridgehead atoms. The molecule has 1 saturated carbocycles. The van der Waals surface area contributed by atoms with Crippen LogP contribution < -0.4 is 5.32 Å². The Bertz CT molecular complexity index is 487. The summed E-state index contributed by atoms with van der Waals surface area (Å²) in [6.07, 6.45) is 6.31. The highest BCUT2D eigenvalue weighted by Gasteiger charge is 2.39. The monoisotopic (exact) mass is 302 g/mol. The standard InChI is InChI=1S/C18H26N2O2/c1-2-3-9-16-12-20(13-17(22-16)14-10-11-14)18(21)19-15-7-5-4-6-8-15/h4-8,14,16-17H,2-3,9-13H2,1H3,(H,19,21)/t16-,17-/m1/s1. The number of carbonyl (C=O) groups is 1. The maximum atomic E-state index is 12.5. The van der Waals surface area contributed by atoms with Gasteiger partial charge in [0, 0.05) is 18.8 Å². The lowest BCUT2D eigenvalue weighted by atomic mass is 10.1. The molecule has 1 aliphatic carbocycles. The summed E-state index contributed by atoms with van der Waals surface area (Å²) in [6.45, 7) is 3.63. The molecule has 1 aliphatic heterocycles. The first kappa shape index (κ1) is 15.3. The smallest absolute Gasteiger partial charge is 0.322 e. The molecule has 2 aliphatic rings. The Hall–Kier alpha value is -1.55. The average molecular weight is 302 g/mol. The molecule has 2 atom stereocenters. The molecule has 4 heteroatoms. The molecule has 120 valence electrons. The molecule has 2 amide bonds. The number of unbranched alkanes of at least 4 members (excludes halogenated alkanes) is 1. The summed E-state index contributed by atoms with van der Waals surface area (Å²) < 4.78 is 6.22. The van der Waals surface area contributed by atoms with E-state index in [-0.39, 0.29) is 18.2 Å². The number of benzene rings is 1. The van der Waals surface area contributed by atoms with Crippen LogP contribution in [-0.4, -0.2) is 36.2 Å². The van der Waals surface area contributed by atoms with Crippen LogP contribution in [-0.2, 0) is 4.74 Å². The van der Waals surface area contributed by atoms with Gasteiger partial charge in [-0.1, -0.05) is 38.0 Å². The van der Waals surface area contributed by atoms with E-state index in [9.17, 15) is 4.79 Å². The number of urea groups is 1. The molecule has 1 heterocycles. The quantitative estimate of drug-likeness (QED) is 0.896. The number of morpholine rings is 1. The third-order valence-corrected chi connectivity index (χ3v) is 4.53. The Morgan fingerprint density at radius 2 is 2.05 bits per heavy atom. The largest absolute Gasteiger partial charge is 0.371 e. The van der Waals surface area contributed by atoms with E-state index in [1.807, 2.05) is 35.2 Å². The van der Waals surface area contributed by atoms with Crippen LogP contribution in [0.1, 0.15) is 39.0 Å². The first-order valence-electron chi connectivity index (χ1n) is 8.52. The number of amides is 2. The fourth-order valence-electron chi connectivity index (χ4n) is 3.08. The number of anilines is 1. The van der Waals surface area contributed by atoms with E-state index in [4.69, 9.17) is 4.74 Å². The second-order valence-corrected chi connectivity index (χ2v) is 6.48. The van der Waals surface area contributed by atoms with E-state index in [1.165, 1.54) is 19.3 Å². The summed E-state index contributed by atoms with van der Waals surface area (Å²) in [5.74, 6) is 0.663. The summed E-state index contributed by atoms with van der Waals surface area (Å²) in [5.41, 5.74) is 0.854. The SMILES string of the molecule is CCCC[C@@H]1CN(C(=O)Nc2ccccc2)C[C@H](C2CC2)O1. The lowest BCUT2D eigenvalue weighted by Gasteiger charge is -2.38. The number of rotatable bonds is 5. The van der Waals surface area contributed by atoms with Crippen LogP contribution >= 0.6 is 0 Å². The van der Waals surface area contributed by atoms with E-state index < -0.39 is 0 Å².